The van der Waals surface area contributed by atoms with E-state index in [1.807, 2.05) is 6.92 Å². The maximum absolute atomic E-state index is 10.5. The van der Waals surface area contributed by atoms with Crippen molar-refractivity contribution < 1.29 is 33.6 Å². The highest BCUT2D eigenvalue weighted by Gasteiger charge is 2.11. The summed E-state index contributed by atoms with van der Waals surface area (Å²) in [6.45, 7) is 6.28. The number of ether oxygens (including phenoxy) is 4. The van der Waals surface area contributed by atoms with Crippen LogP contribution in [0.1, 0.15) is 6.92 Å². The second-order valence-corrected chi connectivity index (χ2v) is 3.61. The molecule has 0 aromatic heterocycles. The highest BCUT2D eigenvalue weighted by Crippen LogP contribution is 1.81. The zero-order valence-electron chi connectivity index (χ0n) is 11.8. The third kappa shape index (κ3) is 13.2. The Kier molecular flexibility index (Phi) is 13.3. The number of nitrogens with one attached hydrogen (secondary N) is 1. The molecule has 8 heteroatoms. The zero-order chi connectivity index (χ0) is 15.1. The average Bonchev–Trinajstić information content (AvgIpc) is 2.43. The maximum Gasteiger partial charge on any atom is 0.417 e. The number of carbonyl (C=O) groups is 2. The van der Waals surface area contributed by atoms with Crippen LogP contribution in [0.2, 0.25) is 0 Å². The standard InChI is InChI=1S/C12H23NO7/c1-2-17-7-8-19-10-9-18-5-3-13-4-6-20-12(16)11(14)15/h13H,2-10H2,1H3,(H,14,15). The van der Waals surface area contributed by atoms with Crippen molar-refractivity contribution in [2.75, 3.05) is 59.3 Å². The summed E-state index contributed by atoms with van der Waals surface area (Å²) in [5, 5.41) is 11.2. The molecule has 20 heavy (non-hydrogen) atoms. The molecule has 0 aliphatic rings. The smallest absolute Gasteiger partial charge is 0.417 e. The molecular weight excluding hydrogens is 270 g/mol. The van der Waals surface area contributed by atoms with Gasteiger partial charge >= 0.3 is 11.9 Å². The van der Waals surface area contributed by atoms with E-state index in [1.54, 1.807) is 0 Å². The summed E-state index contributed by atoms with van der Waals surface area (Å²) in [5.74, 6) is -2.83. The van der Waals surface area contributed by atoms with E-state index < -0.39 is 11.9 Å². The van der Waals surface area contributed by atoms with E-state index in [2.05, 4.69) is 10.1 Å². The Hall–Kier alpha value is -1.22. The van der Waals surface area contributed by atoms with Crippen LogP contribution in [0.3, 0.4) is 0 Å². The number of hydrogen-bond donors (Lipinski definition) is 2. The van der Waals surface area contributed by atoms with Crippen LogP contribution in [-0.4, -0.2) is 76.4 Å². The fraction of sp³-hybridized carbons (Fsp3) is 0.833. The van der Waals surface area contributed by atoms with E-state index in [0.29, 0.717) is 52.7 Å². The summed E-state index contributed by atoms with van der Waals surface area (Å²) in [6, 6.07) is 0. The van der Waals surface area contributed by atoms with Gasteiger partial charge in [-0.05, 0) is 6.92 Å². The molecule has 0 heterocycles. The minimum atomic E-state index is -1.59. The van der Waals surface area contributed by atoms with Gasteiger partial charge in [0.05, 0.1) is 33.0 Å². The molecule has 0 aliphatic carbocycles. The molecule has 0 bridgehead atoms. The molecule has 118 valence electrons. The van der Waals surface area contributed by atoms with Gasteiger partial charge < -0.3 is 29.4 Å². The fourth-order valence-corrected chi connectivity index (χ4v) is 1.13. The lowest BCUT2D eigenvalue weighted by molar-refractivity contribution is -0.163. The largest absolute Gasteiger partial charge is 0.473 e. The number of esters is 1. The van der Waals surface area contributed by atoms with Crippen molar-refractivity contribution in [1.29, 1.82) is 0 Å². The normalized spacial score (nSPS) is 10.4. The molecule has 8 nitrogen and oxygen atoms in total. The van der Waals surface area contributed by atoms with E-state index in [0.717, 1.165) is 0 Å². The first-order valence-corrected chi connectivity index (χ1v) is 6.52. The average molecular weight is 293 g/mol. The minimum Gasteiger partial charge on any atom is -0.473 e. The van der Waals surface area contributed by atoms with E-state index in [4.69, 9.17) is 19.3 Å². The van der Waals surface area contributed by atoms with Gasteiger partial charge in [0.1, 0.15) is 6.61 Å². The van der Waals surface area contributed by atoms with E-state index >= 15 is 0 Å². The lowest BCUT2D eigenvalue weighted by Crippen LogP contribution is -2.27. The Labute approximate surface area is 118 Å². The quantitative estimate of drug-likeness (QED) is 0.260. The van der Waals surface area contributed by atoms with Crippen molar-refractivity contribution in [2.45, 2.75) is 6.92 Å². The SMILES string of the molecule is CCOCCOCCOCCNCCOC(=O)C(=O)O. The first kappa shape index (κ1) is 18.8. The van der Waals surface area contributed by atoms with Crippen molar-refractivity contribution in [3.63, 3.8) is 0 Å². The van der Waals surface area contributed by atoms with Crippen LogP contribution >= 0.6 is 0 Å². The Bertz CT molecular complexity index is 260. The summed E-state index contributed by atoms with van der Waals surface area (Å²) in [5.41, 5.74) is 0. The second-order valence-electron chi connectivity index (χ2n) is 3.61. The van der Waals surface area contributed by atoms with Crippen LogP contribution < -0.4 is 5.32 Å². The molecule has 2 N–H and O–H groups in total. The van der Waals surface area contributed by atoms with Crippen LogP contribution in [0.4, 0.5) is 0 Å². The van der Waals surface area contributed by atoms with Gasteiger partial charge in [-0.3, -0.25) is 0 Å². The minimum absolute atomic E-state index is 0.0195. The molecular formula is C12H23NO7. The fourth-order valence-electron chi connectivity index (χ4n) is 1.13. The molecule has 0 saturated carbocycles. The summed E-state index contributed by atoms with van der Waals surface area (Å²) in [4.78, 5) is 20.7. The first-order chi connectivity index (χ1) is 9.68. The molecule has 0 unspecified atom stereocenters. The van der Waals surface area contributed by atoms with Crippen molar-refractivity contribution in [2.24, 2.45) is 0 Å². The highest BCUT2D eigenvalue weighted by atomic mass is 16.6. The number of carboxylic acids is 1. The predicted molar refractivity (Wildman–Crippen MR) is 69.6 cm³/mol. The molecule has 0 aliphatic heterocycles. The van der Waals surface area contributed by atoms with Crippen LogP contribution in [-0.2, 0) is 28.5 Å². The lowest BCUT2D eigenvalue weighted by Gasteiger charge is -2.07. The number of aliphatic carboxylic acids is 1. The monoisotopic (exact) mass is 293 g/mol. The van der Waals surface area contributed by atoms with Gasteiger partial charge in [-0.15, -0.1) is 0 Å². The number of hydrogen-bond acceptors (Lipinski definition) is 7. The van der Waals surface area contributed by atoms with Crippen LogP contribution in [0.25, 0.3) is 0 Å². The third-order valence-electron chi connectivity index (χ3n) is 2.06. The molecule has 0 fully saturated rings. The Morgan fingerprint density at radius 1 is 0.900 bits per heavy atom. The summed E-state index contributed by atoms with van der Waals surface area (Å²) < 4.78 is 20.0. The van der Waals surface area contributed by atoms with E-state index in [9.17, 15) is 9.59 Å². The lowest BCUT2D eigenvalue weighted by atomic mass is 10.6. The van der Waals surface area contributed by atoms with Crippen LogP contribution in [0.15, 0.2) is 0 Å². The van der Waals surface area contributed by atoms with Crippen LogP contribution in [0, 0.1) is 0 Å². The Morgan fingerprint density at radius 3 is 2.05 bits per heavy atom. The van der Waals surface area contributed by atoms with Gasteiger partial charge in [0.25, 0.3) is 0 Å². The highest BCUT2D eigenvalue weighted by molar-refractivity contribution is 6.28. The number of carboxylic acid groups (broad SMARTS) is 1. The third-order valence-corrected chi connectivity index (χ3v) is 2.06. The molecule has 0 saturated heterocycles. The van der Waals surface area contributed by atoms with Crippen molar-refractivity contribution >= 4 is 11.9 Å². The molecule has 0 amide bonds. The summed E-state index contributed by atoms with van der Waals surface area (Å²) in [6.07, 6.45) is 0. The summed E-state index contributed by atoms with van der Waals surface area (Å²) in [7, 11) is 0. The van der Waals surface area contributed by atoms with Crippen molar-refractivity contribution in [1.82, 2.24) is 5.32 Å². The second kappa shape index (κ2) is 14.2. The number of carbonyl (C=O) groups excluding carboxylic acids is 1. The molecule has 0 spiro atoms. The predicted octanol–water partition coefficient (Wildman–Crippen LogP) is -0.726. The van der Waals surface area contributed by atoms with Gasteiger partial charge in [0.2, 0.25) is 0 Å². The van der Waals surface area contributed by atoms with Crippen LogP contribution in [0.5, 0.6) is 0 Å². The van der Waals surface area contributed by atoms with Crippen molar-refractivity contribution in [3.8, 4) is 0 Å². The van der Waals surface area contributed by atoms with Gasteiger partial charge in [0.15, 0.2) is 0 Å². The maximum atomic E-state index is 10.5. The number of rotatable bonds is 13. The molecule has 0 aromatic carbocycles. The first-order valence-electron chi connectivity index (χ1n) is 6.52. The van der Waals surface area contributed by atoms with Gasteiger partial charge in [-0.2, -0.15) is 0 Å². The molecule has 0 radical (unpaired) electrons. The Morgan fingerprint density at radius 2 is 1.45 bits per heavy atom. The van der Waals surface area contributed by atoms with E-state index in [1.165, 1.54) is 0 Å². The molecule has 0 atom stereocenters. The molecule has 0 aromatic rings. The summed E-state index contributed by atoms with van der Waals surface area (Å²) >= 11 is 0. The zero-order valence-corrected chi connectivity index (χ0v) is 11.8. The van der Waals surface area contributed by atoms with Gasteiger partial charge in [0, 0.05) is 19.7 Å². The van der Waals surface area contributed by atoms with Crippen molar-refractivity contribution in [3.05, 3.63) is 0 Å². The van der Waals surface area contributed by atoms with Gasteiger partial charge in [-0.1, -0.05) is 0 Å². The molecule has 0 rings (SSSR count). The topological polar surface area (TPSA) is 103 Å². The Balaban J connectivity index is 3.06. The van der Waals surface area contributed by atoms with Gasteiger partial charge in [-0.25, -0.2) is 9.59 Å². The van der Waals surface area contributed by atoms with E-state index in [-0.39, 0.29) is 6.61 Å².